The van der Waals surface area contributed by atoms with Crippen molar-refractivity contribution in [2.24, 2.45) is 5.16 Å². The van der Waals surface area contributed by atoms with Gasteiger partial charge in [-0.15, -0.1) is 0 Å². The summed E-state index contributed by atoms with van der Waals surface area (Å²) in [7, 11) is 0. The zero-order valence-corrected chi connectivity index (χ0v) is 11.4. The summed E-state index contributed by atoms with van der Waals surface area (Å²) in [5.74, 6) is 0. The Morgan fingerprint density at radius 2 is 1.90 bits per heavy atom. The number of benzene rings is 1. The standard InChI is InChI=1S/C17H16N2O/c1-13-12-17(20-19-13)16-5-3-2-4-15(16)7-6-14-8-10-18-11-9-14/h2-11,17H,12H2,1H3/t17-/m1/s1. The summed E-state index contributed by atoms with van der Waals surface area (Å²) in [5, 5.41) is 4.04. The second kappa shape index (κ2) is 5.70. The van der Waals surface area contributed by atoms with Crippen LogP contribution in [0.15, 0.2) is 53.9 Å². The second-order valence-electron chi connectivity index (χ2n) is 4.87. The van der Waals surface area contributed by atoms with Gasteiger partial charge in [-0.1, -0.05) is 41.6 Å². The molecule has 1 aliphatic rings. The van der Waals surface area contributed by atoms with E-state index in [1.165, 1.54) is 11.1 Å². The van der Waals surface area contributed by atoms with E-state index in [-0.39, 0.29) is 6.10 Å². The molecule has 1 atom stereocenters. The molecule has 0 unspecified atom stereocenters. The SMILES string of the molecule is CC1=NO[C@@H](c2ccccc2C=Cc2ccncc2)C1. The molecule has 3 nitrogen and oxygen atoms in total. The van der Waals surface area contributed by atoms with Crippen molar-refractivity contribution < 1.29 is 4.84 Å². The minimum atomic E-state index is 0.0355. The molecule has 0 spiro atoms. The van der Waals surface area contributed by atoms with Crippen molar-refractivity contribution in [3.63, 3.8) is 0 Å². The van der Waals surface area contributed by atoms with Gasteiger partial charge in [-0.25, -0.2) is 0 Å². The van der Waals surface area contributed by atoms with Gasteiger partial charge in [0.1, 0.15) is 0 Å². The van der Waals surface area contributed by atoms with E-state index in [0.717, 1.165) is 17.7 Å². The van der Waals surface area contributed by atoms with Crippen molar-refractivity contribution >= 4 is 17.9 Å². The van der Waals surface area contributed by atoms with Crippen LogP contribution in [0.2, 0.25) is 0 Å². The first-order valence-electron chi connectivity index (χ1n) is 6.69. The van der Waals surface area contributed by atoms with Crippen LogP contribution in [-0.4, -0.2) is 10.7 Å². The van der Waals surface area contributed by atoms with Gasteiger partial charge in [0.2, 0.25) is 0 Å². The topological polar surface area (TPSA) is 34.5 Å². The Labute approximate surface area is 118 Å². The number of hydrogen-bond acceptors (Lipinski definition) is 3. The fraction of sp³-hybridized carbons (Fsp3) is 0.176. The van der Waals surface area contributed by atoms with Gasteiger partial charge < -0.3 is 4.84 Å². The number of aromatic nitrogens is 1. The first kappa shape index (κ1) is 12.6. The Bertz CT molecular complexity index is 647. The van der Waals surface area contributed by atoms with E-state index < -0.39 is 0 Å². The highest BCUT2D eigenvalue weighted by molar-refractivity contribution is 5.83. The van der Waals surface area contributed by atoms with Crippen molar-refractivity contribution in [2.75, 3.05) is 0 Å². The number of nitrogens with zero attached hydrogens (tertiary/aromatic N) is 2. The van der Waals surface area contributed by atoms with Crippen LogP contribution in [0.1, 0.15) is 36.1 Å². The van der Waals surface area contributed by atoms with Crippen molar-refractivity contribution in [3.8, 4) is 0 Å². The van der Waals surface area contributed by atoms with E-state index in [0.29, 0.717) is 0 Å². The van der Waals surface area contributed by atoms with Gasteiger partial charge in [0, 0.05) is 24.4 Å². The van der Waals surface area contributed by atoms with Crippen LogP contribution in [0.5, 0.6) is 0 Å². The number of rotatable bonds is 3. The zero-order chi connectivity index (χ0) is 13.8. The van der Waals surface area contributed by atoms with Crippen LogP contribution in [0.4, 0.5) is 0 Å². The lowest BCUT2D eigenvalue weighted by Crippen LogP contribution is -2.00. The zero-order valence-electron chi connectivity index (χ0n) is 11.4. The Balaban J connectivity index is 1.85. The van der Waals surface area contributed by atoms with E-state index in [1.54, 1.807) is 12.4 Å². The largest absolute Gasteiger partial charge is 0.387 e. The van der Waals surface area contributed by atoms with Crippen LogP contribution >= 0.6 is 0 Å². The second-order valence-corrected chi connectivity index (χ2v) is 4.87. The minimum Gasteiger partial charge on any atom is -0.387 e. The van der Waals surface area contributed by atoms with Gasteiger partial charge >= 0.3 is 0 Å². The Kier molecular flexibility index (Phi) is 3.59. The highest BCUT2D eigenvalue weighted by Gasteiger charge is 2.21. The highest BCUT2D eigenvalue weighted by atomic mass is 16.6. The average Bonchev–Trinajstić information content (AvgIpc) is 2.93. The summed E-state index contributed by atoms with van der Waals surface area (Å²) >= 11 is 0. The molecule has 2 heterocycles. The molecule has 100 valence electrons. The molecule has 3 rings (SSSR count). The molecule has 3 heteroatoms. The summed E-state index contributed by atoms with van der Waals surface area (Å²) in [5.41, 5.74) is 4.52. The van der Waals surface area contributed by atoms with Gasteiger partial charge in [0.25, 0.3) is 0 Å². The van der Waals surface area contributed by atoms with Gasteiger partial charge in [-0.05, 0) is 30.2 Å². The quantitative estimate of drug-likeness (QED) is 0.836. The van der Waals surface area contributed by atoms with Crippen LogP contribution in [0.25, 0.3) is 12.2 Å². The molecule has 0 amide bonds. The molecule has 1 aromatic heterocycles. The summed E-state index contributed by atoms with van der Waals surface area (Å²) in [6.45, 7) is 2.00. The van der Waals surface area contributed by atoms with E-state index in [4.69, 9.17) is 4.84 Å². The lowest BCUT2D eigenvalue weighted by Gasteiger charge is -2.11. The molecular weight excluding hydrogens is 248 g/mol. The third kappa shape index (κ3) is 2.77. The molecule has 1 aliphatic heterocycles. The summed E-state index contributed by atoms with van der Waals surface area (Å²) in [6, 6.07) is 12.3. The molecule has 20 heavy (non-hydrogen) atoms. The average molecular weight is 264 g/mol. The first-order valence-corrected chi connectivity index (χ1v) is 6.69. The normalized spacial score (nSPS) is 18.1. The highest BCUT2D eigenvalue weighted by Crippen LogP contribution is 2.30. The number of hydrogen-bond donors (Lipinski definition) is 0. The Morgan fingerprint density at radius 1 is 1.10 bits per heavy atom. The fourth-order valence-electron chi connectivity index (χ4n) is 2.28. The van der Waals surface area contributed by atoms with E-state index >= 15 is 0 Å². The predicted octanol–water partition coefficient (Wildman–Crippen LogP) is 4.09. The van der Waals surface area contributed by atoms with Crippen LogP contribution in [0.3, 0.4) is 0 Å². The third-order valence-electron chi connectivity index (χ3n) is 3.32. The molecule has 0 aliphatic carbocycles. The van der Waals surface area contributed by atoms with Crippen molar-refractivity contribution in [3.05, 3.63) is 65.5 Å². The van der Waals surface area contributed by atoms with Crippen molar-refractivity contribution in [1.82, 2.24) is 4.98 Å². The van der Waals surface area contributed by atoms with Gasteiger partial charge in [0.05, 0.1) is 5.71 Å². The van der Waals surface area contributed by atoms with Gasteiger partial charge in [0.15, 0.2) is 6.10 Å². The van der Waals surface area contributed by atoms with E-state index in [9.17, 15) is 0 Å². The molecular formula is C17H16N2O. The predicted molar refractivity (Wildman–Crippen MR) is 81.2 cm³/mol. The molecule has 0 N–H and O–H groups in total. The molecule has 2 aromatic rings. The molecule has 0 saturated carbocycles. The van der Waals surface area contributed by atoms with Crippen molar-refractivity contribution in [1.29, 1.82) is 0 Å². The van der Waals surface area contributed by atoms with Crippen LogP contribution in [-0.2, 0) is 4.84 Å². The van der Waals surface area contributed by atoms with E-state index in [1.807, 2.05) is 31.2 Å². The molecule has 0 radical (unpaired) electrons. The van der Waals surface area contributed by atoms with Crippen molar-refractivity contribution in [2.45, 2.75) is 19.4 Å². The maximum absolute atomic E-state index is 5.49. The summed E-state index contributed by atoms with van der Waals surface area (Å²) < 4.78 is 0. The lowest BCUT2D eigenvalue weighted by atomic mass is 9.98. The summed E-state index contributed by atoms with van der Waals surface area (Å²) in [4.78, 5) is 9.51. The smallest absolute Gasteiger partial charge is 0.158 e. The van der Waals surface area contributed by atoms with E-state index in [2.05, 4.69) is 34.4 Å². The van der Waals surface area contributed by atoms with Gasteiger partial charge in [-0.2, -0.15) is 0 Å². The maximum atomic E-state index is 5.49. The monoisotopic (exact) mass is 264 g/mol. The minimum absolute atomic E-state index is 0.0355. The molecule has 0 bridgehead atoms. The van der Waals surface area contributed by atoms with Crippen LogP contribution < -0.4 is 0 Å². The Hall–Kier alpha value is -2.42. The lowest BCUT2D eigenvalue weighted by molar-refractivity contribution is 0.0856. The number of oxime groups is 1. The summed E-state index contributed by atoms with van der Waals surface area (Å²) in [6.07, 6.45) is 8.68. The molecule has 0 fully saturated rings. The van der Waals surface area contributed by atoms with Gasteiger partial charge in [-0.3, -0.25) is 4.98 Å². The molecule has 1 aromatic carbocycles. The fourth-order valence-corrected chi connectivity index (χ4v) is 2.28. The Morgan fingerprint density at radius 3 is 2.65 bits per heavy atom. The molecule has 0 saturated heterocycles. The third-order valence-corrected chi connectivity index (χ3v) is 3.32. The first-order chi connectivity index (χ1) is 9.83. The number of pyridine rings is 1. The maximum Gasteiger partial charge on any atom is 0.158 e. The van der Waals surface area contributed by atoms with Crippen LogP contribution in [0, 0.1) is 0 Å².